The first kappa shape index (κ1) is 1.22. The molecule has 0 heterocycles. The van der Waals surface area contributed by atoms with E-state index in [1.807, 2.05) is 0 Å². The van der Waals surface area contributed by atoms with Crippen LogP contribution in [0.5, 0.6) is 0 Å². The summed E-state index contributed by atoms with van der Waals surface area (Å²) in [6.45, 7) is 6.75. The lowest BCUT2D eigenvalue weighted by Crippen LogP contribution is -1.97. The standard InChI is InChI=1S/C6H8/c1-5-3-4-6(5)2/h1-4H2/i3D2,4D2. The van der Waals surface area contributed by atoms with Crippen LogP contribution < -0.4 is 0 Å². The van der Waals surface area contributed by atoms with Crippen molar-refractivity contribution < 1.29 is 5.48 Å². The molecule has 0 unspecified atom stereocenters. The highest BCUT2D eigenvalue weighted by molar-refractivity contribution is 5.34. The summed E-state index contributed by atoms with van der Waals surface area (Å²) >= 11 is 0. The summed E-state index contributed by atoms with van der Waals surface area (Å²) in [5, 5.41) is 0. The normalized spacial score (nSPS) is 47.3. The Balaban J connectivity index is 3.04. The number of hydrogen-bond acceptors (Lipinski definition) is 0. The second-order valence-electron chi connectivity index (χ2n) is 1.21. The SMILES string of the molecule is [2H]C1([2H])C(=C)C(=C)C1([2H])[2H]. The van der Waals surface area contributed by atoms with Gasteiger partial charge in [-0.2, -0.15) is 0 Å². The molecule has 0 nitrogen and oxygen atoms in total. The maximum atomic E-state index is 7.14. The number of rotatable bonds is 0. The average molecular weight is 84.2 g/mol. The van der Waals surface area contributed by atoms with E-state index in [1.165, 1.54) is 0 Å². The maximum absolute atomic E-state index is 7.14. The van der Waals surface area contributed by atoms with Gasteiger partial charge in [-0.3, -0.25) is 0 Å². The Labute approximate surface area is 43.8 Å². The Morgan fingerprint density at radius 1 is 1.33 bits per heavy atom. The first-order chi connectivity index (χ1) is 4.32. The Bertz CT molecular complexity index is 190. The van der Waals surface area contributed by atoms with Gasteiger partial charge in [0.05, 0.1) is 0 Å². The minimum atomic E-state index is -1.91. The monoisotopic (exact) mass is 84.1 g/mol. The van der Waals surface area contributed by atoms with Crippen LogP contribution in [0.4, 0.5) is 0 Å². The highest BCUT2D eigenvalue weighted by Gasteiger charge is 2.08. The summed E-state index contributed by atoms with van der Waals surface area (Å²) in [5.74, 6) is 0. The fraction of sp³-hybridized carbons (Fsp3) is 0.333. The molecule has 1 aliphatic rings. The number of allylic oxidation sites excluding steroid dienone is 2. The van der Waals surface area contributed by atoms with Gasteiger partial charge < -0.3 is 0 Å². The minimum absolute atomic E-state index is 0.178. The molecule has 0 atom stereocenters. The van der Waals surface area contributed by atoms with Crippen molar-refractivity contribution in [1.29, 1.82) is 0 Å². The van der Waals surface area contributed by atoms with Crippen molar-refractivity contribution in [2.45, 2.75) is 12.7 Å². The molecule has 32 valence electrons. The smallest absolute Gasteiger partial charge is 0.0319 e. The quantitative estimate of drug-likeness (QED) is 0.420. The van der Waals surface area contributed by atoms with Crippen molar-refractivity contribution in [3.05, 3.63) is 24.3 Å². The molecule has 0 aromatic heterocycles. The zero-order valence-electron chi connectivity index (χ0n) is 7.41. The van der Waals surface area contributed by atoms with Gasteiger partial charge in [-0.1, -0.05) is 24.3 Å². The molecule has 0 heteroatoms. The van der Waals surface area contributed by atoms with Crippen LogP contribution in [0.15, 0.2) is 24.3 Å². The Morgan fingerprint density at radius 3 is 1.83 bits per heavy atom. The van der Waals surface area contributed by atoms with E-state index in [0.717, 1.165) is 0 Å². The van der Waals surface area contributed by atoms with Crippen LogP contribution in [-0.4, -0.2) is 0 Å². The van der Waals surface area contributed by atoms with Gasteiger partial charge in [0, 0.05) is 5.48 Å². The third-order valence-corrected chi connectivity index (χ3v) is 0.729. The van der Waals surface area contributed by atoms with Crippen LogP contribution in [0.1, 0.15) is 18.2 Å². The lowest BCUT2D eigenvalue weighted by Gasteiger charge is -2.17. The van der Waals surface area contributed by atoms with Gasteiger partial charge in [-0.05, 0) is 12.7 Å². The third kappa shape index (κ3) is 0.298. The summed E-state index contributed by atoms with van der Waals surface area (Å²) in [5.41, 5.74) is 0.356. The summed E-state index contributed by atoms with van der Waals surface area (Å²) in [6.07, 6.45) is -3.83. The van der Waals surface area contributed by atoms with E-state index in [0.29, 0.717) is 0 Å². The first-order valence-corrected chi connectivity index (χ1v) is 1.71. The van der Waals surface area contributed by atoms with Crippen LogP contribution in [0, 0.1) is 0 Å². The van der Waals surface area contributed by atoms with Crippen LogP contribution in [0.2, 0.25) is 0 Å². The predicted molar refractivity (Wildman–Crippen MR) is 27.5 cm³/mol. The first-order valence-electron chi connectivity index (χ1n) is 3.71. The third-order valence-electron chi connectivity index (χ3n) is 0.729. The van der Waals surface area contributed by atoms with Crippen LogP contribution in [-0.2, 0) is 0 Å². The van der Waals surface area contributed by atoms with E-state index in [2.05, 4.69) is 13.2 Å². The lowest BCUT2D eigenvalue weighted by molar-refractivity contribution is 0.834. The van der Waals surface area contributed by atoms with Crippen molar-refractivity contribution in [3.8, 4) is 0 Å². The van der Waals surface area contributed by atoms with Crippen molar-refractivity contribution >= 4 is 0 Å². The highest BCUT2D eigenvalue weighted by Crippen LogP contribution is 2.28. The Morgan fingerprint density at radius 2 is 1.67 bits per heavy atom. The molecule has 6 heavy (non-hydrogen) atoms. The summed E-state index contributed by atoms with van der Waals surface area (Å²) < 4.78 is 28.6. The highest BCUT2D eigenvalue weighted by atomic mass is 14.1. The molecule has 0 N–H and O–H groups in total. The molecule has 0 aromatic carbocycles. The van der Waals surface area contributed by atoms with Gasteiger partial charge in [0.2, 0.25) is 0 Å². The Hall–Kier alpha value is -0.520. The van der Waals surface area contributed by atoms with E-state index in [4.69, 9.17) is 5.48 Å². The van der Waals surface area contributed by atoms with E-state index < -0.39 is 12.7 Å². The fourth-order valence-electron chi connectivity index (χ4n) is 0.239. The molecular formula is C6H8. The second kappa shape index (κ2) is 0.970. The molecule has 0 bridgehead atoms. The lowest BCUT2D eigenvalue weighted by atomic mass is 9.89. The van der Waals surface area contributed by atoms with Crippen molar-refractivity contribution in [1.82, 2.24) is 0 Å². The fourth-order valence-corrected chi connectivity index (χ4v) is 0.239. The van der Waals surface area contributed by atoms with Gasteiger partial charge in [0.1, 0.15) is 0 Å². The van der Waals surface area contributed by atoms with Crippen LogP contribution in [0.25, 0.3) is 0 Å². The van der Waals surface area contributed by atoms with Crippen molar-refractivity contribution in [2.24, 2.45) is 0 Å². The van der Waals surface area contributed by atoms with Gasteiger partial charge in [-0.15, -0.1) is 0 Å². The molecule has 0 aromatic rings. The van der Waals surface area contributed by atoms with Gasteiger partial charge in [-0.25, -0.2) is 0 Å². The van der Waals surface area contributed by atoms with E-state index in [-0.39, 0.29) is 11.1 Å². The molecule has 1 fully saturated rings. The average Bonchev–Trinajstić information content (AvgIpc) is 1.84. The molecule has 1 rings (SSSR count). The molecule has 1 aliphatic carbocycles. The second-order valence-corrected chi connectivity index (χ2v) is 1.21. The molecular weight excluding hydrogens is 72.1 g/mol. The van der Waals surface area contributed by atoms with Crippen LogP contribution in [0.3, 0.4) is 0 Å². The molecule has 0 saturated heterocycles. The van der Waals surface area contributed by atoms with Gasteiger partial charge >= 0.3 is 0 Å². The molecule has 0 amide bonds. The van der Waals surface area contributed by atoms with Crippen LogP contribution >= 0.6 is 0 Å². The van der Waals surface area contributed by atoms with E-state index in [1.54, 1.807) is 0 Å². The number of hydrogen-bond donors (Lipinski definition) is 0. The molecule has 0 spiro atoms. The van der Waals surface area contributed by atoms with Crippen molar-refractivity contribution in [3.63, 3.8) is 0 Å². The minimum Gasteiger partial charge on any atom is -0.0956 e. The Kier molecular flexibility index (Phi) is 0.198. The molecule has 0 aliphatic heterocycles. The zero-order chi connectivity index (χ0) is 8.15. The molecule has 1 saturated carbocycles. The van der Waals surface area contributed by atoms with Gasteiger partial charge in [0.25, 0.3) is 0 Å². The topological polar surface area (TPSA) is 0 Å². The largest absolute Gasteiger partial charge is 0.0956 e. The summed E-state index contributed by atoms with van der Waals surface area (Å²) in [6, 6.07) is 0. The van der Waals surface area contributed by atoms with Crippen molar-refractivity contribution in [2.75, 3.05) is 0 Å². The summed E-state index contributed by atoms with van der Waals surface area (Å²) in [7, 11) is 0. The molecule has 0 radical (unpaired) electrons. The van der Waals surface area contributed by atoms with Gasteiger partial charge in [0.15, 0.2) is 0 Å². The zero-order valence-corrected chi connectivity index (χ0v) is 3.41. The maximum Gasteiger partial charge on any atom is 0.0319 e. The van der Waals surface area contributed by atoms with E-state index >= 15 is 0 Å². The summed E-state index contributed by atoms with van der Waals surface area (Å²) in [4.78, 5) is 0. The predicted octanol–water partition coefficient (Wildman–Crippen LogP) is 1.89. The van der Waals surface area contributed by atoms with E-state index in [9.17, 15) is 0 Å².